The molecule has 0 saturated carbocycles. The van der Waals surface area contributed by atoms with Gasteiger partial charge in [0.25, 0.3) is 5.56 Å². The Hall–Kier alpha value is -2.68. The number of hydrogen-bond donors (Lipinski definition) is 1. The van der Waals surface area contributed by atoms with E-state index in [-0.39, 0.29) is 5.56 Å². The number of carbonyl (C=O) groups excluding carboxylic acids is 1. The van der Waals surface area contributed by atoms with Gasteiger partial charge < -0.3 is 10.1 Å². The van der Waals surface area contributed by atoms with Gasteiger partial charge in [-0.05, 0) is 31.5 Å². The van der Waals surface area contributed by atoms with Crippen molar-refractivity contribution in [1.82, 2.24) is 14.0 Å². The molecule has 7 nitrogen and oxygen atoms in total. The molecule has 0 fully saturated rings. The number of aromatic nitrogens is 3. The van der Waals surface area contributed by atoms with Crippen LogP contribution in [-0.2, 0) is 22.7 Å². The highest BCUT2D eigenvalue weighted by molar-refractivity contribution is 6.76. The molecule has 0 aliphatic rings. The molecule has 0 aliphatic carbocycles. The topological polar surface area (TPSA) is 77.6 Å². The van der Waals surface area contributed by atoms with Crippen molar-refractivity contribution in [2.24, 2.45) is 0 Å². The summed E-state index contributed by atoms with van der Waals surface area (Å²) in [5, 5.41) is 3.06. The maximum atomic E-state index is 13.7. The Labute approximate surface area is 200 Å². The van der Waals surface area contributed by atoms with Crippen LogP contribution in [0.15, 0.2) is 41.8 Å². The zero-order valence-electron chi connectivity index (χ0n) is 19.9. The van der Waals surface area contributed by atoms with Gasteiger partial charge in [-0.3, -0.25) is 18.6 Å². The van der Waals surface area contributed by atoms with Crippen molar-refractivity contribution < 1.29 is 9.53 Å². The van der Waals surface area contributed by atoms with E-state index in [1.54, 1.807) is 24.4 Å². The third kappa shape index (κ3) is 5.46. The molecule has 0 unspecified atom stereocenters. The van der Waals surface area contributed by atoms with Crippen molar-refractivity contribution in [2.75, 3.05) is 11.9 Å². The number of nitrogens with zero attached hydrogens (tertiary/aromatic N) is 3. The normalized spacial score (nSPS) is 11.7. The molecule has 0 bridgehead atoms. The Morgan fingerprint density at radius 3 is 2.70 bits per heavy atom. The molecule has 0 spiro atoms. The summed E-state index contributed by atoms with van der Waals surface area (Å²) in [6.45, 7) is 15.3. The molecule has 2 aromatic heterocycles. The summed E-state index contributed by atoms with van der Waals surface area (Å²) in [7, 11) is -1.19. The number of imidazole rings is 1. The molecule has 176 valence electrons. The molecule has 2 heterocycles. The van der Waals surface area contributed by atoms with E-state index in [0.717, 1.165) is 17.8 Å². The largest absolute Gasteiger partial charge is 0.361 e. The molecule has 1 aromatic carbocycles. The summed E-state index contributed by atoms with van der Waals surface area (Å²) in [5.41, 5.74) is 2.57. The number of benzene rings is 1. The average Bonchev–Trinajstić information content (AvgIpc) is 3.07. The molecular weight excluding hydrogens is 456 g/mol. The molecule has 3 rings (SSSR count). The van der Waals surface area contributed by atoms with Crippen LogP contribution in [0.3, 0.4) is 0 Å². The van der Waals surface area contributed by atoms with E-state index >= 15 is 0 Å². The maximum Gasteiger partial charge on any atom is 0.267 e. The number of carbonyl (C=O) groups is 1. The van der Waals surface area contributed by atoms with Crippen LogP contribution in [0.25, 0.3) is 16.9 Å². The number of halogens is 1. The molecule has 0 saturated heterocycles. The standard InChI is InChI=1S/C24H31ClN4O3Si/c1-7-19-21(17-10-9-11-18(25)22(17)27-20(30)8-2)23(31)28-14-16(3)29(24(28)26-19)15-32-12-13-33(4,5)6/h8-11,14H,2,7,12-13,15H2,1,3-6H3,(H,27,30). The summed E-state index contributed by atoms with van der Waals surface area (Å²) in [6, 6.07) is 6.24. The van der Waals surface area contributed by atoms with Crippen LogP contribution < -0.4 is 10.9 Å². The highest BCUT2D eigenvalue weighted by atomic mass is 35.5. The molecule has 0 atom stereocenters. The van der Waals surface area contributed by atoms with Gasteiger partial charge in [0.05, 0.1) is 22.0 Å². The van der Waals surface area contributed by atoms with Crippen molar-refractivity contribution >= 4 is 37.0 Å². The molecule has 1 amide bonds. The number of nitrogens with one attached hydrogen (secondary N) is 1. The Balaban J connectivity index is 2.11. The highest BCUT2D eigenvalue weighted by Crippen LogP contribution is 2.34. The first-order valence-corrected chi connectivity index (χ1v) is 15.1. The first kappa shape index (κ1) is 24.9. The van der Waals surface area contributed by atoms with Gasteiger partial charge >= 0.3 is 0 Å². The maximum absolute atomic E-state index is 13.7. The summed E-state index contributed by atoms with van der Waals surface area (Å²) in [5.74, 6) is 0.124. The van der Waals surface area contributed by atoms with Crippen molar-refractivity contribution in [3.05, 3.63) is 63.8 Å². The number of ether oxygens (including phenoxy) is 1. The van der Waals surface area contributed by atoms with E-state index in [0.29, 0.717) is 53.1 Å². The number of fused-ring (bicyclic) bond motifs is 1. The lowest BCUT2D eigenvalue weighted by Crippen LogP contribution is -2.23. The van der Waals surface area contributed by atoms with E-state index < -0.39 is 14.0 Å². The van der Waals surface area contributed by atoms with Crippen molar-refractivity contribution in [2.45, 2.75) is 52.7 Å². The molecule has 33 heavy (non-hydrogen) atoms. The second-order valence-electron chi connectivity index (χ2n) is 9.16. The number of para-hydroxylation sites is 1. The van der Waals surface area contributed by atoms with E-state index in [9.17, 15) is 9.59 Å². The summed E-state index contributed by atoms with van der Waals surface area (Å²) in [4.78, 5) is 30.5. The first-order chi connectivity index (χ1) is 15.6. The van der Waals surface area contributed by atoms with Gasteiger partial charge in [-0.1, -0.05) is 56.9 Å². The zero-order valence-corrected chi connectivity index (χ0v) is 21.6. The van der Waals surface area contributed by atoms with Gasteiger partial charge in [0, 0.05) is 32.1 Å². The predicted octanol–water partition coefficient (Wildman–Crippen LogP) is 5.12. The van der Waals surface area contributed by atoms with Crippen LogP contribution in [0, 0.1) is 6.92 Å². The third-order valence-corrected chi connectivity index (χ3v) is 7.44. The third-order valence-electron chi connectivity index (χ3n) is 5.42. The summed E-state index contributed by atoms with van der Waals surface area (Å²) >= 11 is 6.38. The zero-order chi connectivity index (χ0) is 24.3. The van der Waals surface area contributed by atoms with Crippen LogP contribution in [-0.4, -0.2) is 34.5 Å². The minimum atomic E-state index is -1.19. The quantitative estimate of drug-likeness (QED) is 0.258. The van der Waals surface area contributed by atoms with Crippen LogP contribution in [0.2, 0.25) is 30.7 Å². The van der Waals surface area contributed by atoms with E-state index in [1.165, 1.54) is 4.40 Å². The number of amides is 1. The first-order valence-electron chi connectivity index (χ1n) is 11.0. The SMILES string of the molecule is C=CC(=O)Nc1c(Cl)cccc1-c1c(CC)nc2n(COCC[Si](C)(C)C)c(C)cn2c1=O. The molecule has 0 radical (unpaired) electrons. The van der Waals surface area contributed by atoms with Gasteiger partial charge in [-0.15, -0.1) is 0 Å². The number of hydrogen-bond acceptors (Lipinski definition) is 4. The monoisotopic (exact) mass is 486 g/mol. The minimum absolute atomic E-state index is 0.225. The molecule has 3 aromatic rings. The van der Waals surface area contributed by atoms with Crippen LogP contribution in [0.4, 0.5) is 5.69 Å². The summed E-state index contributed by atoms with van der Waals surface area (Å²) < 4.78 is 9.37. The van der Waals surface area contributed by atoms with Gasteiger partial charge in [0.2, 0.25) is 11.7 Å². The minimum Gasteiger partial charge on any atom is -0.361 e. The Kier molecular flexibility index (Phi) is 7.61. The van der Waals surface area contributed by atoms with E-state index in [1.807, 2.05) is 18.4 Å². The van der Waals surface area contributed by atoms with E-state index in [2.05, 4.69) is 31.5 Å². The number of anilines is 1. The second kappa shape index (κ2) is 10.1. The average molecular weight is 487 g/mol. The number of rotatable bonds is 9. The molecule has 9 heteroatoms. The van der Waals surface area contributed by atoms with Crippen LogP contribution in [0.1, 0.15) is 18.3 Å². The van der Waals surface area contributed by atoms with Crippen molar-refractivity contribution in [1.29, 1.82) is 0 Å². The molecule has 1 N–H and O–H groups in total. The second-order valence-corrected chi connectivity index (χ2v) is 15.2. The fourth-order valence-electron chi connectivity index (χ4n) is 3.54. The molecule has 0 aliphatic heterocycles. The van der Waals surface area contributed by atoms with Gasteiger partial charge in [-0.2, -0.15) is 0 Å². The fraction of sp³-hybridized carbons (Fsp3) is 0.375. The number of aryl methyl sites for hydroxylation is 2. The highest BCUT2D eigenvalue weighted by Gasteiger charge is 2.21. The molecular formula is C24H31ClN4O3Si. The lowest BCUT2D eigenvalue weighted by molar-refractivity contribution is -0.111. The van der Waals surface area contributed by atoms with Gasteiger partial charge in [0.15, 0.2) is 0 Å². The van der Waals surface area contributed by atoms with Crippen LogP contribution >= 0.6 is 11.6 Å². The lowest BCUT2D eigenvalue weighted by atomic mass is 10.0. The smallest absolute Gasteiger partial charge is 0.267 e. The Morgan fingerprint density at radius 2 is 2.06 bits per heavy atom. The van der Waals surface area contributed by atoms with Crippen molar-refractivity contribution in [3.63, 3.8) is 0 Å². The Morgan fingerprint density at radius 1 is 1.33 bits per heavy atom. The summed E-state index contributed by atoms with van der Waals surface area (Å²) in [6.07, 6.45) is 3.46. The predicted molar refractivity (Wildman–Crippen MR) is 137 cm³/mol. The van der Waals surface area contributed by atoms with Crippen molar-refractivity contribution in [3.8, 4) is 11.1 Å². The van der Waals surface area contributed by atoms with Gasteiger partial charge in [-0.25, -0.2) is 4.98 Å². The Bertz CT molecular complexity index is 1260. The van der Waals surface area contributed by atoms with Gasteiger partial charge in [0.1, 0.15) is 6.73 Å². The fourth-order valence-corrected chi connectivity index (χ4v) is 4.52. The lowest BCUT2D eigenvalue weighted by Gasteiger charge is -2.16. The van der Waals surface area contributed by atoms with Crippen LogP contribution in [0.5, 0.6) is 0 Å². The van der Waals surface area contributed by atoms with E-state index in [4.69, 9.17) is 21.3 Å².